The molecule has 1 aromatic heterocycles. The standard InChI is InChI=1S/C10H12N4S/c1-7(8-5-3-2-4-6-8)15-10-12-9(11)13-14-10/h2-7H,1H3,(H3,11,12,13,14)/t7-/m1/s1. The van der Waals surface area contributed by atoms with Crippen LogP contribution in [-0.2, 0) is 0 Å². The van der Waals surface area contributed by atoms with E-state index >= 15 is 0 Å². The van der Waals surface area contributed by atoms with Crippen molar-refractivity contribution in [3.05, 3.63) is 35.9 Å². The molecule has 4 nitrogen and oxygen atoms in total. The Morgan fingerprint density at radius 3 is 2.67 bits per heavy atom. The van der Waals surface area contributed by atoms with Crippen LogP contribution in [0.15, 0.2) is 35.5 Å². The van der Waals surface area contributed by atoms with Crippen LogP contribution in [0.1, 0.15) is 17.7 Å². The Labute approximate surface area is 92.3 Å². The zero-order chi connectivity index (χ0) is 10.7. The minimum atomic E-state index is 0.321. The molecular formula is C10H12N4S. The fourth-order valence-corrected chi connectivity index (χ4v) is 2.12. The number of nitrogens with one attached hydrogen (secondary N) is 1. The molecule has 0 unspecified atom stereocenters. The number of anilines is 1. The van der Waals surface area contributed by atoms with Crippen molar-refractivity contribution in [1.29, 1.82) is 0 Å². The second kappa shape index (κ2) is 4.35. The van der Waals surface area contributed by atoms with E-state index in [1.54, 1.807) is 11.8 Å². The van der Waals surface area contributed by atoms with Gasteiger partial charge < -0.3 is 5.73 Å². The molecule has 0 spiro atoms. The molecule has 2 rings (SSSR count). The van der Waals surface area contributed by atoms with Gasteiger partial charge in [0, 0.05) is 5.25 Å². The van der Waals surface area contributed by atoms with Crippen molar-refractivity contribution in [3.8, 4) is 0 Å². The number of aromatic amines is 1. The normalized spacial score (nSPS) is 12.6. The lowest BCUT2D eigenvalue weighted by molar-refractivity contribution is 0.960. The van der Waals surface area contributed by atoms with Gasteiger partial charge in [0.1, 0.15) is 0 Å². The van der Waals surface area contributed by atoms with Crippen molar-refractivity contribution in [2.45, 2.75) is 17.3 Å². The van der Waals surface area contributed by atoms with Gasteiger partial charge in [0.2, 0.25) is 11.1 Å². The summed E-state index contributed by atoms with van der Waals surface area (Å²) in [5, 5.41) is 7.61. The first-order valence-electron chi connectivity index (χ1n) is 4.65. The molecule has 3 N–H and O–H groups in total. The van der Waals surface area contributed by atoms with Crippen LogP contribution in [0.5, 0.6) is 0 Å². The molecule has 0 bridgehead atoms. The molecule has 0 aliphatic carbocycles. The first-order valence-corrected chi connectivity index (χ1v) is 5.53. The van der Waals surface area contributed by atoms with Crippen molar-refractivity contribution in [2.24, 2.45) is 0 Å². The Bertz CT molecular complexity index is 426. The summed E-state index contributed by atoms with van der Waals surface area (Å²) in [6.45, 7) is 2.12. The van der Waals surface area contributed by atoms with E-state index < -0.39 is 0 Å². The van der Waals surface area contributed by atoms with Crippen LogP contribution in [0.25, 0.3) is 0 Å². The molecule has 0 radical (unpaired) electrons. The van der Waals surface area contributed by atoms with Gasteiger partial charge in [-0.05, 0) is 12.5 Å². The molecule has 5 heteroatoms. The van der Waals surface area contributed by atoms with Crippen molar-refractivity contribution < 1.29 is 0 Å². The average molecular weight is 220 g/mol. The highest BCUT2D eigenvalue weighted by molar-refractivity contribution is 7.99. The van der Waals surface area contributed by atoms with Gasteiger partial charge in [-0.3, -0.25) is 0 Å². The highest BCUT2D eigenvalue weighted by atomic mass is 32.2. The van der Waals surface area contributed by atoms with Gasteiger partial charge in [-0.2, -0.15) is 4.98 Å². The monoisotopic (exact) mass is 220 g/mol. The van der Waals surface area contributed by atoms with Crippen LogP contribution in [0.3, 0.4) is 0 Å². The highest BCUT2D eigenvalue weighted by Gasteiger charge is 2.09. The number of benzene rings is 1. The molecule has 1 aromatic carbocycles. The van der Waals surface area contributed by atoms with Crippen LogP contribution in [0.2, 0.25) is 0 Å². The lowest BCUT2D eigenvalue weighted by Gasteiger charge is -2.07. The van der Waals surface area contributed by atoms with Gasteiger partial charge in [0.25, 0.3) is 0 Å². The van der Waals surface area contributed by atoms with Gasteiger partial charge in [-0.1, -0.05) is 42.1 Å². The van der Waals surface area contributed by atoms with Gasteiger partial charge in [-0.15, -0.1) is 5.10 Å². The maximum atomic E-state index is 5.45. The molecule has 78 valence electrons. The van der Waals surface area contributed by atoms with Crippen LogP contribution in [0, 0.1) is 0 Å². The molecule has 1 atom stereocenters. The SMILES string of the molecule is C[C@@H](Sc1n[nH]c(N)n1)c1ccccc1. The molecular weight excluding hydrogens is 208 g/mol. The lowest BCUT2D eigenvalue weighted by atomic mass is 10.2. The van der Waals surface area contributed by atoms with Gasteiger partial charge >= 0.3 is 0 Å². The number of nitrogens with zero attached hydrogens (tertiary/aromatic N) is 2. The van der Waals surface area contributed by atoms with E-state index in [4.69, 9.17) is 5.73 Å². The van der Waals surface area contributed by atoms with Crippen LogP contribution < -0.4 is 5.73 Å². The van der Waals surface area contributed by atoms with E-state index in [1.165, 1.54) is 5.56 Å². The average Bonchev–Trinajstić information content (AvgIpc) is 2.65. The number of nitrogens with two attached hydrogens (primary N) is 1. The summed E-state index contributed by atoms with van der Waals surface area (Å²) in [5.41, 5.74) is 6.71. The molecule has 15 heavy (non-hydrogen) atoms. The molecule has 0 aliphatic rings. The quantitative estimate of drug-likeness (QED) is 0.778. The number of rotatable bonds is 3. The first kappa shape index (κ1) is 10.0. The summed E-state index contributed by atoms with van der Waals surface area (Å²) >= 11 is 1.58. The molecule has 0 saturated carbocycles. The lowest BCUT2D eigenvalue weighted by Crippen LogP contribution is -1.89. The third-order valence-electron chi connectivity index (χ3n) is 2.03. The topological polar surface area (TPSA) is 67.6 Å². The van der Waals surface area contributed by atoms with Gasteiger partial charge in [-0.25, -0.2) is 5.10 Å². The van der Waals surface area contributed by atoms with Crippen LogP contribution in [-0.4, -0.2) is 15.2 Å². The molecule has 0 fully saturated rings. The summed E-state index contributed by atoms with van der Waals surface area (Å²) in [6, 6.07) is 10.2. The fraction of sp³-hybridized carbons (Fsp3) is 0.200. The summed E-state index contributed by atoms with van der Waals surface area (Å²) in [7, 11) is 0. The Hall–Kier alpha value is -1.49. The van der Waals surface area contributed by atoms with Crippen molar-refractivity contribution in [3.63, 3.8) is 0 Å². The van der Waals surface area contributed by atoms with E-state index in [9.17, 15) is 0 Å². The number of thioether (sulfide) groups is 1. The summed E-state index contributed by atoms with van der Waals surface area (Å²) in [6.07, 6.45) is 0. The Morgan fingerprint density at radius 2 is 2.07 bits per heavy atom. The van der Waals surface area contributed by atoms with E-state index in [1.807, 2.05) is 18.2 Å². The minimum absolute atomic E-state index is 0.321. The highest BCUT2D eigenvalue weighted by Crippen LogP contribution is 2.32. The molecule has 2 aromatic rings. The zero-order valence-electron chi connectivity index (χ0n) is 8.34. The number of H-pyrrole nitrogens is 1. The van der Waals surface area contributed by atoms with Gasteiger partial charge in [0.05, 0.1) is 0 Å². The summed E-state index contributed by atoms with van der Waals surface area (Å²) in [4.78, 5) is 4.05. The van der Waals surface area contributed by atoms with Crippen molar-refractivity contribution in [1.82, 2.24) is 15.2 Å². The second-order valence-corrected chi connectivity index (χ2v) is 4.48. The van der Waals surface area contributed by atoms with E-state index in [2.05, 4.69) is 34.2 Å². The molecule has 1 heterocycles. The Morgan fingerprint density at radius 1 is 1.33 bits per heavy atom. The maximum absolute atomic E-state index is 5.45. The predicted octanol–water partition coefficient (Wildman–Crippen LogP) is 2.24. The smallest absolute Gasteiger partial charge is 0.216 e. The van der Waals surface area contributed by atoms with Gasteiger partial charge in [0.15, 0.2) is 0 Å². The predicted molar refractivity (Wildman–Crippen MR) is 61.5 cm³/mol. The van der Waals surface area contributed by atoms with E-state index in [-0.39, 0.29) is 0 Å². The fourth-order valence-electron chi connectivity index (χ4n) is 1.26. The minimum Gasteiger partial charge on any atom is -0.368 e. The second-order valence-electron chi connectivity index (χ2n) is 3.17. The zero-order valence-corrected chi connectivity index (χ0v) is 9.16. The van der Waals surface area contributed by atoms with Crippen LogP contribution in [0.4, 0.5) is 5.95 Å². The third kappa shape index (κ3) is 2.50. The number of hydrogen-bond acceptors (Lipinski definition) is 4. The summed E-state index contributed by atoms with van der Waals surface area (Å²) in [5.74, 6) is 0.359. The Balaban J connectivity index is 2.07. The van der Waals surface area contributed by atoms with Crippen molar-refractivity contribution >= 4 is 17.7 Å². The molecule has 0 amide bonds. The molecule has 0 aliphatic heterocycles. The number of nitrogen functional groups attached to an aromatic ring is 1. The number of hydrogen-bond donors (Lipinski definition) is 2. The molecule has 0 saturated heterocycles. The number of aromatic nitrogens is 3. The van der Waals surface area contributed by atoms with E-state index in [0.29, 0.717) is 16.4 Å². The third-order valence-corrected chi connectivity index (χ3v) is 3.05. The van der Waals surface area contributed by atoms with E-state index in [0.717, 1.165) is 0 Å². The summed E-state index contributed by atoms with van der Waals surface area (Å²) < 4.78 is 0. The first-order chi connectivity index (χ1) is 7.25. The Kier molecular flexibility index (Phi) is 2.91. The van der Waals surface area contributed by atoms with Crippen LogP contribution >= 0.6 is 11.8 Å². The van der Waals surface area contributed by atoms with Crippen molar-refractivity contribution in [2.75, 3.05) is 5.73 Å². The largest absolute Gasteiger partial charge is 0.368 e. The maximum Gasteiger partial charge on any atom is 0.216 e.